The molecule has 2 atom stereocenters. The molecule has 0 aromatic carbocycles. The molecule has 118 valence electrons. The molecule has 1 aromatic rings. The fraction of sp³-hybridized carbons (Fsp3) is 0.824. The second-order valence-electron chi connectivity index (χ2n) is 7.71. The first kappa shape index (κ1) is 15.4. The lowest BCUT2D eigenvalue weighted by Crippen LogP contribution is -2.35. The summed E-state index contributed by atoms with van der Waals surface area (Å²) in [5.74, 6) is 0.972. The van der Waals surface area contributed by atoms with Gasteiger partial charge in [-0.15, -0.1) is 11.3 Å². The quantitative estimate of drug-likeness (QED) is 0.917. The van der Waals surface area contributed by atoms with Crippen LogP contribution in [0.15, 0.2) is 5.38 Å². The third-order valence-corrected chi connectivity index (χ3v) is 5.76. The molecular weight excluding hydrogens is 278 g/mol. The van der Waals surface area contributed by atoms with Gasteiger partial charge < -0.3 is 5.32 Å². The van der Waals surface area contributed by atoms with Gasteiger partial charge in [-0.2, -0.15) is 0 Å². The van der Waals surface area contributed by atoms with Gasteiger partial charge in [-0.3, -0.25) is 4.90 Å². The van der Waals surface area contributed by atoms with E-state index in [2.05, 4.69) is 36.4 Å². The van der Waals surface area contributed by atoms with Crippen molar-refractivity contribution in [2.24, 2.45) is 5.92 Å². The minimum atomic E-state index is 0.163. The molecule has 4 heteroatoms. The summed E-state index contributed by atoms with van der Waals surface area (Å²) in [7, 11) is 0. The van der Waals surface area contributed by atoms with Crippen LogP contribution in [0.2, 0.25) is 0 Å². The maximum atomic E-state index is 4.83. The van der Waals surface area contributed by atoms with Crippen molar-refractivity contribution in [2.75, 3.05) is 6.54 Å². The Kier molecular flexibility index (Phi) is 4.67. The van der Waals surface area contributed by atoms with E-state index in [0.717, 1.165) is 25.0 Å². The molecular formula is C17H29N3S. The highest BCUT2D eigenvalue weighted by atomic mass is 32.1. The summed E-state index contributed by atoms with van der Waals surface area (Å²) in [5.41, 5.74) is 1.44. The molecule has 1 aromatic heterocycles. The first-order valence-corrected chi connectivity index (χ1v) is 9.31. The Balaban J connectivity index is 1.55. The average Bonchev–Trinajstić information content (AvgIpc) is 3.04. The average molecular weight is 308 g/mol. The standard InChI is InChI=1S/C17H29N3S/c1-17(2,3)18-10-16-19-14(12-21-16)11-20-9-8-13-6-4-5-7-15(13)20/h12-13,15,18H,4-11H2,1-3H3. The second-order valence-corrected chi connectivity index (χ2v) is 8.65. The number of likely N-dealkylation sites (tertiary alicyclic amines) is 1. The predicted molar refractivity (Wildman–Crippen MR) is 89.5 cm³/mol. The van der Waals surface area contributed by atoms with Crippen molar-refractivity contribution >= 4 is 11.3 Å². The van der Waals surface area contributed by atoms with Crippen LogP contribution >= 0.6 is 11.3 Å². The van der Waals surface area contributed by atoms with Gasteiger partial charge in [-0.25, -0.2) is 4.98 Å². The van der Waals surface area contributed by atoms with Crippen LogP contribution in [-0.4, -0.2) is 28.0 Å². The molecule has 21 heavy (non-hydrogen) atoms. The molecule has 2 unspecified atom stereocenters. The Morgan fingerprint density at radius 1 is 1.29 bits per heavy atom. The summed E-state index contributed by atoms with van der Waals surface area (Å²) in [6, 6.07) is 0.844. The number of nitrogens with one attached hydrogen (secondary N) is 1. The Morgan fingerprint density at radius 3 is 2.90 bits per heavy atom. The van der Waals surface area contributed by atoms with Crippen LogP contribution in [0.1, 0.15) is 63.6 Å². The molecule has 1 saturated carbocycles. The topological polar surface area (TPSA) is 28.2 Å². The van der Waals surface area contributed by atoms with Gasteiger partial charge in [-0.1, -0.05) is 12.8 Å². The van der Waals surface area contributed by atoms with E-state index >= 15 is 0 Å². The first-order valence-electron chi connectivity index (χ1n) is 8.44. The first-order chi connectivity index (χ1) is 10.0. The van der Waals surface area contributed by atoms with E-state index in [1.807, 2.05) is 0 Å². The van der Waals surface area contributed by atoms with Crippen molar-refractivity contribution in [2.45, 2.75) is 77.5 Å². The third kappa shape index (κ3) is 4.05. The number of hydrogen-bond donors (Lipinski definition) is 1. The van der Waals surface area contributed by atoms with Gasteiger partial charge >= 0.3 is 0 Å². The second kappa shape index (κ2) is 6.35. The van der Waals surface area contributed by atoms with E-state index < -0.39 is 0 Å². The highest BCUT2D eigenvalue weighted by Crippen LogP contribution is 2.36. The van der Waals surface area contributed by atoms with Crippen molar-refractivity contribution in [3.63, 3.8) is 0 Å². The number of aromatic nitrogens is 1. The van der Waals surface area contributed by atoms with Gasteiger partial charge in [0.05, 0.1) is 5.69 Å². The van der Waals surface area contributed by atoms with Crippen LogP contribution < -0.4 is 5.32 Å². The zero-order chi connectivity index (χ0) is 14.9. The van der Waals surface area contributed by atoms with E-state index in [1.54, 1.807) is 11.3 Å². The van der Waals surface area contributed by atoms with Gasteiger partial charge in [0, 0.05) is 30.1 Å². The monoisotopic (exact) mass is 307 g/mol. The van der Waals surface area contributed by atoms with Crippen LogP contribution in [-0.2, 0) is 13.1 Å². The molecule has 0 bridgehead atoms. The summed E-state index contributed by atoms with van der Waals surface area (Å²) < 4.78 is 0. The molecule has 1 saturated heterocycles. The van der Waals surface area contributed by atoms with E-state index in [4.69, 9.17) is 4.98 Å². The fourth-order valence-electron chi connectivity index (χ4n) is 3.75. The summed E-state index contributed by atoms with van der Waals surface area (Å²) >= 11 is 1.80. The van der Waals surface area contributed by atoms with E-state index in [-0.39, 0.29) is 5.54 Å². The zero-order valence-electron chi connectivity index (χ0n) is 13.7. The lowest BCUT2D eigenvalue weighted by Gasteiger charge is -2.31. The molecule has 0 spiro atoms. The normalized spacial score (nSPS) is 27.0. The molecule has 3 nitrogen and oxygen atoms in total. The minimum absolute atomic E-state index is 0.163. The number of thiazole rings is 1. The van der Waals surface area contributed by atoms with Crippen molar-refractivity contribution < 1.29 is 0 Å². The van der Waals surface area contributed by atoms with Gasteiger partial charge in [0.15, 0.2) is 0 Å². The molecule has 1 N–H and O–H groups in total. The highest BCUT2D eigenvalue weighted by molar-refractivity contribution is 7.09. The van der Waals surface area contributed by atoms with Gasteiger partial charge in [0.1, 0.15) is 5.01 Å². The largest absolute Gasteiger partial charge is 0.306 e. The molecule has 2 heterocycles. The third-order valence-electron chi connectivity index (χ3n) is 4.86. The van der Waals surface area contributed by atoms with Crippen LogP contribution in [0.5, 0.6) is 0 Å². The van der Waals surface area contributed by atoms with Crippen LogP contribution in [0.25, 0.3) is 0 Å². The molecule has 2 fully saturated rings. The van der Waals surface area contributed by atoms with Gasteiger partial charge in [-0.05, 0) is 52.5 Å². The Labute approximate surface area is 133 Å². The fourth-order valence-corrected chi connectivity index (χ4v) is 4.48. The molecule has 1 aliphatic heterocycles. The maximum Gasteiger partial charge on any atom is 0.107 e. The Morgan fingerprint density at radius 2 is 2.10 bits per heavy atom. The summed E-state index contributed by atoms with van der Waals surface area (Å²) in [4.78, 5) is 7.52. The van der Waals surface area contributed by atoms with Crippen molar-refractivity contribution in [1.82, 2.24) is 15.2 Å². The summed E-state index contributed by atoms with van der Waals surface area (Å²) in [6.07, 6.45) is 7.16. The number of rotatable bonds is 4. The highest BCUT2D eigenvalue weighted by Gasteiger charge is 2.35. The van der Waals surface area contributed by atoms with Crippen molar-refractivity contribution in [1.29, 1.82) is 0 Å². The molecule has 0 radical (unpaired) electrons. The molecule has 3 rings (SSSR count). The number of hydrogen-bond acceptors (Lipinski definition) is 4. The van der Waals surface area contributed by atoms with E-state index in [0.29, 0.717) is 0 Å². The van der Waals surface area contributed by atoms with Gasteiger partial charge in [0.2, 0.25) is 0 Å². The zero-order valence-corrected chi connectivity index (χ0v) is 14.5. The van der Waals surface area contributed by atoms with Crippen molar-refractivity contribution in [3.8, 4) is 0 Å². The van der Waals surface area contributed by atoms with Crippen molar-refractivity contribution in [3.05, 3.63) is 16.1 Å². The lowest BCUT2D eigenvalue weighted by molar-refractivity contribution is 0.174. The molecule has 2 aliphatic rings. The summed E-state index contributed by atoms with van der Waals surface area (Å²) in [5, 5.41) is 7.01. The smallest absolute Gasteiger partial charge is 0.107 e. The Bertz CT molecular complexity index is 463. The van der Waals surface area contributed by atoms with Crippen LogP contribution in [0.4, 0.5) is 0 Å². The minimum Gasteiger partial charge on any atom is -0.306 e. The molecule has 1 aliphatic carbocycles. The van der Waals surface area contributed by atoms with Crippen LogP contribution in [0.3, 0.4) is 0 Å². The maximum absolute atomic E-state index is 4.83. The van der Waals surface area contributed by atoms with Gasteiger partial charge in [0.25, 0.3) is 0 Å². The number of fused-ring (bicyclic) bond motifs is 1. The molecule has 0 amide bonds. The lowest BCUT2D eigenvalue weighted by atomic mass is 9.85. The van der Waals surface area contributed by atoms with Crippen LogP contribution in [0, 0.1) is 5.92 Å². The van der Waals surface area contributed by atoms with E-state index in [9.17, 15) is 0 Å². The SMILES string of the molecule is CC(C)(C)NCc1nc(CN2CCC3CCCCC32)cs1. The predicted octanol–water partition coefficient (Wildman–Crippen LogP) is 3.80. The Hall–Kier alpha value is -0.450. The summed E-state index contributed by atoms with van der Waals surface area (Å²) in [6.45, 7) is 9.84. The van der Waals surface area contributed by atoms with E-state index in [1.165, 1.54) is 49.4 Å². The number of nitrogens with zero attached hydrogens (tertiary/aromatic N) is 2.